The van der Waals surface area contributed by atoms with Crippen LogP contribution < -0.4 is 5.32 Å². The molecule has 0 aliphatic carbocycles. The lowest BCUT2D eigenvalue weighted by atomic mass is 9.91. The largest absolute Gasteiger partial charge is 0.316 e. The molecule has 0 aliphatic rings. The molecule has 0 spiro atoms. The first-order chi connectivity index (χ1) is 9.31. The molecule has 1 aromatic carbocycles. The summed E-state index contributed by atoms with van der Waals surface area (Å²) in [4.78, 5) is 5.55. The first kappa shape index (κ1) is 14.2. The van der Waals surface area contributed by atoms with Crippen molar-refractivity contribution >= 4 is 11.3 Å². The summed E-state index contributed by atoms with van der Waals surface area (Å²) in [6.45, 7) is 6.54. The van der Waals surface area contributed by atoms with Crippen molar-refractivity contribution in [3.63, 3.8) is 0 Å². The third-order valence-corrected chi connectivity index (χ3v) is 4.18. The van der Waals surface area contributed by atoms with Gasteiger partial charge in [-0.15, -0.1) is 11.3 Å². The van der Waals surface area contributed by atoms with Gasteiger partial charge in [0, 0.05) is 23.5 Å². The molecule has 2 aromatic rings. The Morgan fingerprint density at radius 1 is 1.32 bits per heavy atom. The van der Waals surface area contributed by atoms with Gasteiger partial charge < -0.3 is 5.32 Å². The summed E-state index contributed by atoms with van der Waals surface area (Å²) in [5.41, 5.74) is 4.76. The number of aryl methyl sites for hydroxylation is 1. The third kappa shape index (κ3) is 4.15. The lowest BCUT2D eigenvalue weighted by molar-refractivity contribution is 0.577. The van der Waals surface area contributed by atoms with Crippen molar-refractivity contribution in [2.24, 2.45) is 0 Å². The molecule has 0 radical (unpaired) electrons. The van der Waals surface area contributed by atoms with Gasteiger partial charge in [0.25, 0.3) is 0 Å². The van der Waals surface area contributed by atoms with Crippen molar-refractivity contribution in [2.45, 2.75) is 32.6 Å². The molecular weight excluding hydrogens is 252 g/mol. The zero-order valence-electron chi connectivity index (χ0n) is 11.7. The Kier molecular flexibility index (Phi) is 5.55. The van der Waals surface area contributed by atoms with Crippen LogP contribution in [0.5, 0.6) is 0 Å². The highest BCUT2D eigenvalue weighted by molar-refractivity contribution is 7.09. The molecule has 1 atom stereocenters. The number of hydrogen-bond donors (Lipinski definition) is 1. The number of hydrogen-bond acceptors (Lipinski definition) is 3. The van der Waals surface area contributed by atoms with Crippen LogP contribution in [0, 0.1) is 6.92 Å². The molecule has 0 aliphatic heterocycles. The summed E-state index contributed by atoms with van der Waals surface area (Å²) in [5.74, 6) is 0.535. The number of aromatic nitrogens is 1. The Morgan fingerprint density at radius 3 is 2.84 bits per heavy atom. The average molecular weight is 274 g/mol. The van der Waals surface area contributed by atoms with E-state index in [-0.39, 0.29) is 0 Å². The second kappa shape index (κ2) is 7.41. The zero-order chi connectivity index (χ0) is 13.5. The second-order valence-electron chi connectivity index (χ2n) is 4.93. The maximum Gasteiger partial charge on any atom is 0.0794 e. The minimum absolute atomic E-state index is 0.535. The van der Waals surface area contributed by atoms with Crippen LogP contribution in [0.1, 0.15) is 35.3 Å². The second-order valence-corrected chi connectivity index (χ2v) is 5.90. The van der Waals surface area contributed by atoms with Crippen molar-refractivity contribution < 1.29 is 0 Å². The van der Waals surface area contributed by atoms with E-state index in [0.29, 0.717) is 5.92 Å². The fourth-order valence-corrected chi connectivity index (χ4v) is 3.05. The van der Waals surface area contributed by atoms with E-state index in [9.17, 15) is 0 Å². The predicted molar refractivity (Wildman–Crippen MR) is 82.9 cm³/mol. The highest BCUT2D eigenvalue weighted by atomic mass is 32.1. The first-order valence-electron chi connectivity index (χ1n) is 6.95. The maximum absolute atomic E-state index is 4.19. The molecule has 1 unspecified atom stereocenters. The smallest absolute Gasteiger partial charge is 0.0794 e. The van der Waals surface area contributed by atoms with Gasteiger partial charge in [0.15, 0.2) is 0 Å². The zero-order valence-corrected chi connectivity index (χ0v) is 12.5. The Hall–Kier alpha value is -1.19. The van der Waals surface area contributed by atoms with E-state index in [2.05, 4.69) is 48.4 Å². The molecule has 0 saturated carbocycles. The number of nitrogens with one attached hydrogen (secondary N) is 1. The topological polar surface area (TPSA) is 24.9 Å². The standard InChI is InChI=1S/C16H22N2S/c1-3-8-17-10-14(9-15-11-18-12-19-15)16-7-5-4-6-13(16)2/h4-7,11-12,14,17H,3,8-10H2,1-2H3. The predicted octanol–water partition coefficient (Wildman–Crippen LogP) is 3.78. The Bertz CT molecular complexity index is 479. The molecule has 1 heterocycles. The quantitative estimate of drug-likeness (QED) is 0.777. The van der Waals surface area contributed by atoms with Gasteiger partial charge in [-0.2, -0.15) is 0 Å². The average Bonchev–Trinajstić information content (AvgIpc) is 2.91. The molecule has 3 heteroatoms. The Labute approximate surface area is 119 Å². The van der Waals surface area contributed by atoms with E-state index >= 15 is 0 Å². The minimum atomic E-state index is 0.535. The van der Waals surface area contributed by atoms with Crippen LogP contribution in [0.15, 0.2) is 36.0 Å². The van der Waals surface area contributed by atoms with Crippen molar-refractivity contribution in [3.05, 3.63) is 52.0 Å². The highest BCUT2D eigenvalue weighted by Crippen LogP contribution is 2.24. The van der Waals surface area contributed by atoms with Crippen molar-refractivity contribution in [1.82, 2.24) is 10.3 Å². The van der Waals surface area contributed by atoms with Crippen LogP contribution in [0.3, 0.4) is 0 Å². The van der Waals surface area contributed by atoms with E-state index in [0.717, 1.165) is 19.5 Å². The summed E-state index contributed by atoms with van der Waals surface area (Å²) in [6.07, 6.45) is 4.25. The number of thiazole rings is 1. The van der Waals surface area contributed by atoms with E-state index < -0.39 is 0 Å². The van der Waals surface area contributed by atoms with E-state index in [1.807, 2.05) is 11.7 Å². The van der Waals surface area contributed by atoms with Crippen LogP contribution in [0.2, 0.25) is 0 Å². The molecule has 2 rings (SSSR count). The summed E-state index contributed by atoms with van der Waals surface area (Å²) in [5, 5.41) is 3.56. The molecule has 2 nitrogen and oxygen atoms in total. The fourth-order valence-electron chi connectivity index (χ4n) is 2.38. The molecule has 0 fully saturated rings. The van der Waals surface area contributed by atoms with E-state index in [1.54, 1.807) is 11.3 Å². The van der Waals surface area contributed by atoms with E-state index in [4.69, 9.17) is 0 Å². The molecule has 102 valence electrons. The van der Waals surface area contributed by atoms with Gasteiger partial charge in [-0.3, -0.25) is 4.98 Å². The number of rotatable bonds is 7. The van der Waals surface area contributed by atoms with Crippen LogP contribution in [0.25, 0.3) is 0 Å². The van der Waals surface area contributed by atoms with Gasteiger partial charge in [0.05, 0.1) is 5.51 Å². The molecule has 0 amide bonds. The van der Waals surface area contributed by atoms with Crippen molar-refractivity contribution in [3.8, 4) is 0 Å². The van der Waals surface area contributed by atoms with Gasteiger partial charge in [-0.1, -0.05) is 31.2 Å². The van der Waals surface area contributed by atoms with Crippen LogP contribution >= 0.6 is 11.3 Å². The molecule has 1 aromatic heterocycles. The van der Waals surface area contributed by atoms with Gasteiger partial charge >= 0.3 is 0 Å². The minimum Gasteiger partial charge on any atom is -0.316 e. The monoisotopic (exact) mass is 274 g/mol. The summed E-state index contributed by atoms with van der Waals surface area (Å²) in [7, 11) is 0. The molecule has 1 N–H and O–H groups in total. The molecular formula is C16H22N2S. The summed E-state index contributed by atoms with van der Waals surface area (Å²) in [6, 6.07) is 8.72. The van der Waals surface area contributed by atoms with Gasteiger partial charge in [0.2, 0.25) is 0 Å². The normalized spacial score (nSPS) is 12.5. The summed E-state index contributed by atoms with van der Waals surface area (Å²) < 4.78 is 0. The molecule has 0 bridgehead atoms. The lowest BCUT2D eigenvalue weighted by Gasteiger charge is -2.19. The maximum atomic E-state index is 4.19. The fraction of sp³-hybridized carbons (Fsp3) is 0.438. The third-order valence-electron chi connectivity index (χ3n) is 3.38. The SMILES string of the molecule is CCCNCC(Cc1cncs1)c1ccccc1C. The molecule has 19 heavy (non-hydrogen) atoms. The lowest BCUT2D eigenvalue weighted by Crippen LogP contribution is -2.24. The van der Waals surface area contributed by atoms with Crippen LogP contribution in [0.4, 0.5) is 0 Å². The first-order valence-corrected chi connectivity index (χ1v) is 7.82. The van der Waals surface area contributed by atoms with Crippen molar-refractivity contribution in [1.29, 1.82) is 0 Å². The van der Waals surface area contributed by atoms with Gasteiger partial charge in [-0.25, -0.2) is 0 Å². The van der Waals surface area contributed by atoms with E-state index in [1.165, 1.54) is 22.4 Å². The Balaban J connectivity index is 2.11. The number of nitrogens with zero attached hydrogens (tertiary/aromatic N) is 1. The molecule has 0 saturated heterocycles. The van der Waals surface area contributed by atoms with Gasteiger partial charge in [-0.05, 0) is 37.4 Å². The van der Waals surface area contributed by atoms with Crippen molar-refractivity contribution in [2.75, 3.05) is 13.1 Å². The number of benzene rings is 1. The highest BCUT2D eigenvalue weighted by Gasteiger charge is 2.14. The van der Waals surface area contributed by atoms with Gasteiger partial charge in [0.1, 0.15) is 0 Å². The Morgan fingerprint density at radius 2 is 2.16 bits per heavy atom. The van der Waals surface area contributed by atoms with Crippen LogP contribution in [-0.4, -0.2) is 18.1 Å². The summed E-state index contributed by atoms with van der Waals surface area (Å²) >= 11 is 1.75. The van der Waals surface area contributed by atoms with Crippen LogP contribution in [-0.2, 0) is 6.42 Å².